The number of rotatable bonds is 9. The van der Waals surface area contributed by atoms with Gasteiger partial charge in [0, 0.05) is 26.1 Å². The summed E-state index contributed by atoms with van der Waals surface area (Å²) < 4.78 is 5.37. The fourth-order valence-electron chi connectivity index (χ4n) is 4.23. The largest absolute Gasteiger partial charge is 0.379 e. The quantitative estimate of drug-likeness (QED) is 0.526. The van der Waals surface area contributed by atoms with Crippen molar-refractivity contribution >= 4 is 11.8 Å². The van der Waals surface area contributed by atoms with Crippen molar-refractivity contribution in [3.63, 3.8) is 0 Å². The number of nitrogens with two attached hydrogens (primary N) is 1. The molecular weight excluding hydrogens is 380 g/mol. The molecule has 2 fully saturated rings. The standard InChI is InChI=1S/C23H36N4O3/c24-23(10-5-2-6-11-23)22(29)26-20(18-19-8-3-1-4-9-19)21(28)25-12-7-13-27-14-16-30-17-15-27/h1,3-4,8-9,20H,2,5-7,10-18,24H2,(H,25,28)(H,26,29)/t20-/m1/s1. The number of ether oxygens (including phenoxy) is 1. The molecule has 1 atom stereocenters. The molecule has 2 amide bonds. The molecule has 0 spiro atoms. The molecule has 4 N–H and O–H groups in total. The Bertz CT molecular complexity index is 670. The third-order valence-corrected chi connectivity index (χ3v) is 6.16. The number of carbonyl (C=O) groups is 2. The molecule has 7 nitrogen and oxygen atoms in total. The molecule has 166 valence electrons. The van der Waals surface area contributed by atoms with Gasteiger partial charge in [0.25, 0.3) is 0 Å². The van der Waals surface area contributed by atoms with E-state index in [1.165, 1.54) is 0 Å². The van der Waals surface area contributed by atoms with Crippen molar-refractivity contribution in [2.45, 2.75) is 56.5 Å². The zero-order chi connectivity index (χ0) is 21.2. The second-order valence-corrected chi connectivity index (χ2v) is 8.53. The van der Waals surface area contributed by atoms with E-state index in [0.29, 0.717) is 25.8 Å². The van der Waals surface area contributed by atoms with Crippen LogP contribution in [0.4, 0.5) is 0 Å². The van der Waals surface area contributed by atoms with Gasteiger partial charge in [-0.3, -0.25) is 14.5 Å². The third-order valence-electron chi connectivity index (χ3n) is 6.16. The lowest BCUT2D eigenvalue weighted by Crippen LogP contribution is -2.59. The molecule has 0 radical (unpaired) electrons. The minimum absolute atomic E-state index is 0.145. The van der Waals surface area contributed by atoms with E-state index in [1.807, 2.05) is 30.3 Å². The minimum Gasteiger partial charge on any atom is -0.379 e. The first-order valence-electron chi connectivity index (χ1n) is 11.3. The molecule has 1 aromatic rings. The molecule has 0 unspecified atom stereocenters. The van der Waals surface area contributed by atoms with Crippen molar-refractivity contribution in [3.05, 3.63) is 35.9 Å². The highest BCUT2D eigenvalue weighted by Gasteiger charge is 2.37. The van der Waals surface area contributed by atoms with Gasteiger partial charge in [-0.25, -0.2) is 0 Å². The Kier molecular flexibility index (Phi) is 8.66. The van der Waals surface area contributed by atoms with Gasteiger partial charge >= 0.3 is 0 Å². The van der Waals surface area contributed by atoms with Crippen molar-refractivity contribution in [3.8, 4) is 0 Å². The average Bonchev–Trinajstić information content (AvgIpc) is 2.78. The van der Waals surface area contributed by atoms with Gasteiger partial charge in [-0.2, -0.15) is 0 Å². The Morgan fingerprint density at radius 2 is 1.80 bits per heavy atom. The summed E-state index contributed by atoms with van der Waals surface area (Å²) in [4.78, 5) is 28.2. The summed E-state index contributed by atoms with van der Waals surface area (Å²) in [5, 5.41) is 5.97. The lowest BCUT2D eigenvalue weighted by molar-refractivity contribution is -0.132. The summed E-state index contributed by atoms with van der Waals surface area (Å²) in [6.07, 6.45) is 5.72. The third kappa shape index (κ3) is 6.79. The Morgan fingerprint density at radius 3 is 2.50 bits per heavy atom. The van der Waals surface area contributed by atoms with Gasteiger partial charge in [-0.15, -0.1) is 0 Å². The first-order valence-corrected chi connectivity index (χ1v) is 11.3. The summed E-state index contributed by atoms with van der Waals surface area (Å²) in [7, 11) is 0. The van der Waals surface area contributed by atoms with Gasteiger partial charge in [0.15, 0.2) is 0 Å². The monoisotopic (exact) mass is 416 g/mol. The van der Waals surface area contributed by atoms with E-state index in [-0.39, 0.29) is 11.8 Å². The molecule has 1 aliphatic heterocycles. The molecule has 7 heteroatoms. The van der Waals surface area contributed by atoms with Crippen molar-refractivity contribution in [1.82, 2.24) is 15.5 Å². The Balaban J connectivity index is 1.54. The van der Waals surface area contributed by atoms with E-state index >= 15 is 0 Å². The fraction of sp³-hybridized carbons (Fsp3) is 0.652. The number of hydrogen-bond donors (Lipinski definition) is 3. The normalized spacial score (nSPS) is 20.3. The number of amides is 2. The number of nitrogens with zero attached hydrogens (tertiary/aromatic N) is 1. The summed E-state index contributed by atoms with van der Waals surface area (Å²) >= 11 is 0. The van der Waals surface area contributed by atoms with E-state index in [2.05, 4.69) is 15.5 Å². The number of carbonyl (C=O) groups excluding carboxylic acids is 2. The van der Waals surface area contributed by atoms with Crippen LogP contribution in [0.2, 0.25) is 0 Å². The van der Waals surface area contributed by atoms with Crippen LogP contribution >= 0.6 is 0 Å². The number of morpholine rings is 1. The van der Waals surface area contributed by atoms with Crippen molar-refractivity contribution < 1.29 is 14.3 Å². The molecule has 1 aromatic carbocycles. The highest BCUT2D eigenvalue weighted by molar-refractivity contribution is 5.92. The first-order chi connectivity index (χ1) is 14.6. The highest BCUT2D eigenvalue weighted by atomic mass is 16.5. The number of benzene rings is 1. The zero-order valence-electron chi connectivity index (χ0n) is 17.9. The topological polar surface area (TPSA) is 96.7 Å². The van der Waals surface area contributed by atoms with Crippen LogP contribution in [0.15, 0.2) is 30.3 Å². The second-order valence-electron chi connectivity index (χ2n) is 8.53. The minimum atomic E-state index is -0.857. The highest BCUT2D eigenvalue weighted by Crippen LogP contribution is 2.26. The molecular formula is C23H36N4O3. The molecule has 3 rings (SSSR count). The van der Waals surface area contributed by atoms with Crippen molar-refractivity contribution in [1.29, 1.82) is 0 Å². The van der Waals surface area contributed by atoms with Crippen LogP contribution in [-0.4, -0.2) is 67.7 Å². The van der Waals surface area contributed by atoms with Gasteiger partial charge in [0.05, 0.1) is 18.8 Å². The summed E-state index contributed by atoms with van der Waals surface area (Å²) in [5.41, 5.74) is 6.55. The molecule has 1 aliphatic carbocycles. The average molecular weight is 417 g/mol. The van der Waals surface area contributed by atoms with E-state index in [9.17, 15) is 9.59 Å². The summed E-state index contributed by atoms with van der Waals surface area (Å²) in [5.74, 6) is -0.347. The number of hydrogen-bond acceptors (Lipinski definition) is 5. The van der Waals surface area contributed by atoms with Crippen LogP contribution in [-0.2, 0) is 20.7 Å². The van der Waals surface area contributed by atoms with Crippen LogP contribution in [0.1, 0.15) is 44.1 Å². The molecule has 30 heavy (non-hydrogen) atoms. The van der Waals surface area contributed by atoms with Gasteiger partial charge in [0.2, 0.25) is 11.8 Å². The fourth-order valence-corrected chi connectivity index (χ4v) is 4.23. The Hall–Kier alpha value is -1.96. The maximum atomic E-state index is 12.9. The predicted molar refractivity (Wildman–Crippen MR) is 117 cm³/mol. The summed E-state index contributed by atoms with van der Waals surface area (Å²) in [6, 6.07) is 9.17. The molecule has 2 aliphatic rings. The maximum Gasteiger partial charge on any atom is 0.242 e. The molecule has 0 aromatic heterocycles. The Morgan fingerprint density at radius 1 is 1.10 bits per heavy atom. The number of nitrogens with one attached hydrogen (secondary N) is 2. The van der Waals surface area contributed by atoms with Crippen LogP contribution in [0.3, 0.4) is 0 Å². The molecule has 1 heterocycles. The van der Waals surface area contributed by atoms with Crippen LogP contribution in [0.5, 0.6) is 0 Å². The molecule has 1 saturated carbocycles. The second kappa shape index (κ2) is 11.4. The molecule has 0 bridgehead atoms. The smallest absolute Gasteiger partial charge is 0.242 e. The first kappa shape index (κ1) is 22.7. The van der Waals surface area contributed by atoms with E-state index in [4.69, 9.17) is 10.5 Å². The molecule has 1 saturated heterocycles. The van der Waals surface area contributed by atoms with Crippen molar-refractivity contribution in [2.75, 3.05) is 39.4 Å². The SMILES string of the molecule is NC1(C(=O)N[C@H](Cc2ccccc2)C(=O)NCCCN2CCOCC2)CCCCC1. The van der Waals surface area contributed by atoms with E-state index < -0.39 is 11.6 Å². The van der Waals surface area contributed by atoms with Crippen LogP contribution < -0.4 is 16.4 Å². The van der Waals surface area contributed by atoms with Crippen LogP contribution in [0, 0.1) is 0 Å². The van der Waals surface area contributed by atoms with Gasteiger partial charge in [-0.1, -0.05) is 49.6 Å². The predicted octanol–water partition coefficient (Wildman–Crippen LogP) is 1.21. The van der Waals surface area contributed by atoms with E-state index in [0.717, 1.165) is 64.1 Å². The lowest BCUT2D eigenvalue weighted by Gasteiger charge is -2.33. The van der Waals surface area contributed by atoms with E-state index in [1.54, 1.807) is 0 Å². The van der Waals surface area contributed by atoms with Crippen LogP contribution in [0.25, 0.3) is 0 Å². The zero-order valence-corrected chi connectivity index (χ0v) is 17.9. The lowest BCUT2D eigenvalue weighted by atomic mass is 9.81. The van der Waals surface area contributed by atoms with Gasteiger partial charge < -0.3 is 21.1 Å². The van der Waals surface area contributed by atoms with Gasteiger partial charge in [-0.05, 0) is 31.4 Å². The van der Waals surface area contributed by atoms with Gasteiger partial charge in [0.1, 0.15) is 6.04 Å². The Labute approximate surface area is 179 Å². The van der Waals surface area contributed by atoms with Crippen molar-refractivity contribution in [2.24, 2.45) is 5.73 Å². The summed E-state index contributed by atoms with van der Waals surface area (Å²) in [6.45, 7) is 4.96. The maximum absolute atomic E-state index is 12.9.